The van der Waals surface area contributed by atoms with E-state index in [4.69, 9.17) is 4.52 Å². The van der Waals surface area contributed by atoms with Crippen LogP contribution in [0.5, 0.6) is 0 Å². The molecule has 0 aromatic carbocycles. The minimum absolute atomic E-state index is 0.0784. The first kappa shape index (κ1) is 10.5. The zero-order valence-corrected chi connectivity index (χ0v) is 7.88. The molecule has 1 N–H and O–H groups in total. The number of nitrogens with zero attached hydrogens (tertiary/aromatic N) is 2. The summed E-state index contributed by atoms with van der Waals surface area (Å²) in [5, 5.41) is 5.88. The molecule has 4 nitrogen and oxygen atoms in total. The molecule has 0 atom stereocenters. The van der Waals surface area contributed by atoms with E-state index in [1.165, 1.54) is 6.20 Å². The lowest BCUT2D eigenvalue weighted by molar-refractivity contribution is 0.387. The van der Waals surface area contributed by atoms with Crippen LogP contribution in [-0.2, 0) is 6.54 Å². The van der Waals surface area contributed by atoms with Crippen molar-refractivity contribution in [2.45, 2.75) is 6.54 Å². The summed E-state index contributed by atoms with van der Waals surface area (Å²) in [5.41, 5.74) is 0. The molecule has 84 valence electrons. The summed E-state index contributed by atoms with van der Waals surface area (Å²) in [6.45, 7) is 0.0784. The van der Waals surface area contributed by atoms with Crippen LogP contribution in [0.3, 0.4) is 0 Å². The molecular formula is C9H6F3N3O. The van der Waals surface area contributed by atoms with E-state index in [0.717, 1.165) is 0 Å². The molecule has 0 fully saturated rings. The first-order valence-electron chi connectivity index (χ1n) is 4.32. The third-order valence-corrected chi connectivity index (χ3v) is 1.81. The van der Waals surface area contributed by atoms with E-state index in [1.54, 1.807) is 6.07 Å². The van der Waals surface area contributed by atoms with Crippen molar-refractivity contribution in [1.82, 2.24) is 10.1 Å². The summed E-state index contributed by atoms with van der Waals surface area (Å²) in [5.74, 6) is -3.62. The van der Waals surface area contributed by atoms with Crippen molar-refractivity contribution in [2.24, 2.45) is 0 Å². The quantitative estimate of drug-likeness (QED) is 0.819. The first-order chi connectivity index (χ1) is 7.66. The van der Waals surface area contributed by atoms with Crippen molar-refractivity contribution in [3.05, 3.63) is 41.7 Å². The van der Waals surface area contributed by atoms with Crippen molar-refractivity contribution in [1.29, 1.82) is 0 Å². The van der Waals surface area contributed by atoms with Gasteiger partial charge in [0.2, 0.25) is 0 Å². The second-order valence-electron chi connectivity index (χ2n) is 2.92. The Bertz CT molecular complexity index is 487. The number of aromatic nitrogens is 2. The third-order valence-electron chi connectivity index (χ3n) is 1.81. The van der Waals surface area contributed by atoms with Crippen LogP contribution in [0, 0.1) is 17.6 Å². The summed E-state index contributed by atoms with van der Waals surface area (Å²) < 4.78 is 43.0. The van der Waals surface area contributed by atoms with Gasteiger partial charge in [-0.2, -0.15) is 9.37 Å². The Labute approximate surface area is 88.1 Å². The maximum absolute atomic E-state index is 13.1. The van der Waals surface area contributed by atoms with Gasteiger partial charge in [-0.05, 0) is 0 Å². The smallest absolute Gasteiger partial charge is 0.251 e. The summed E-state index contributed by atoms with van der Waals surface area (Å²) in [7, 11) is 0. The highest BCUT2D eigenvalue weighted by Crippen LogP contribution is 2.15. The number of halogens is 3. The average molecular weight is 229 g/mol. The Morgan fingerprint density at radius 1 is 1.25 bits per heavy atom. The maximum Gasteiger partial charge on any atom is 0.251 e. The van der Waals surface area contributed by atoms with Crippen LogP contribution in [0.2, 0.25) is 0 Å². The molecule has 7 heteroatoms. The van der Waals surface area contributed by atoms with E-state index in [2.05, 4.69) is 15.5 Å². The molecule has 0 aliphatic carbocycles. The van der Waals surface area contributed by atoms with Gasteiger partial charge in [-0.3, -0.25) is 0 Å². The molecule has 0 saturated carbocycles. The van der Waals surface area contributed by atoms with Crippen LogP contribution in [0.15, 0.2) is 22.9 Å². The fourth-order valence-electron chi connectivity index (χ4n) is 1.07. The molecule has 0 unspecified atom stereocenters. The molecule has 0 aliphatic rings. The second kappa shape index (κ2) is 4.21. The molecule has 0 amide bonds. The normalized spacial score (nSPS) is 10.4. The number of hydrogen-bond donors (Lipinski definition) is 1. The molecule has 0 spiro atoms. The molecule has 0 bridgehead atoms. The Kier molecular flexibility index (Phi) is 2.76. The van der Waals surface area contributed by atoms with Gasteiger partial charge in [0.15, 0.2) is 23.2 Å². The van der Waals surface area contributed by atoms with E-state index in [1.807, 2.05) is 0 Å². The van der Waals surface area contributed by atoms with Crippen LogP contribution in [0.4, 0.5) is 19.0 Å². The lowest BCUT2D eigenvalue weighted by atomic mass is 10.4. The van der Waals surface area contributed by atoms with Crippen LogP contribution in [0.1, 0.15) is 5.76 Å². The van der Waals surface area contributed by atoms with Crippen LogP contribution < -0.4 is 5.32 Å². The van der Waals surface area contributed by atoms with Gasteiger partial charge in [0.1, 0.15) is 0 Å². The summed E-state index contributed by atoms with van der Waals surface area (Å²) in [4.78, 5) is 3.08. The summed E-state index contributed by atoms with van der Waals surface area (Å²) in [6, 6.07) is 1.97. The Balaban J connectivity index is 2.12. The van der Waals surface area contributed by atoms with E-state index < -0.39 is 17.6 Å². The Hall–Kier alpha value is -2.05. The highest BCUT2D eigenvalue weighted by molar-refractivity contribution is 5.36. The lowest BCUT2D eigenvalue weighted by Gasteiger charge is -2.04. The van der Waals surface area contributed by atoms with Crippen molar-refractivity contribution in [3.63, 3.8) is 0 Å². The van der Waals surface area contributed by atoms with Gasteiger partial charge in [0, 0.05) is 12.1 Å². The van der Waals surface area contributed by atoms with Crippen molar-refractivity contribution in [3.8, 4) is 0 Å². The van der Waals surface area contributed by atoms with Gasteiger partial charge >= 0.3 is 0 Å². The topological polar surface area (TPSA) is 51.0 Å². The SMILES string of the molecule is Fc1cc(F)c(NCc2ccno2)nc1F. The van der Waals surface area contributed by atoms with Gasteiger partial charge in [-0.15, -0.1) is 0 Å². The zero-order chi connectivity index (χ0) is 11.5. The van der Waals surface area contributed by atoms with Gasteiger partial charge in [0.25, 0.3) is 5.95 Å². The highest BCUT2D eigenvalue weighted by atomic mass is 19.2. The largest absolute Gasteiger partial charge is 0.360 e. The second-order valence-corrected chi connectivity index (χ2v) is 2.92. The number of hydrogen-bond acceptors (Lipinski definition) is 4. The maximum atomic E-state index is 13.1. The predicted molar refractivity (Wildman–Crippen MR) is 47.9 cm³/mol. The van der Waals surface area contributed by atoms with Gasteiger partial charge in [-0.1, -0.05) is 5.16 Å². The van der Waals surface area contributed by atoms with E-state index in [-0.39, 0.29) is 12.4 Å². The van der Waals surface area contributed by atoms with E-state index in [0.29, 0.717) is 11.8 Å². The van der Waals surface area contributed by atoms with Gasteiger partial charge in [-0.25, -0.2) is 8.78 Å². The molecule has 0 saturated heterocycles. The lowest BCUT2D eigenvalue weighted by Crippen LogP contribution is -2.05. The van der Waals surface area contributed by atoms with Crippen molar-refractivity contribution in [2.75, 3.05) is 5.32 Å². The van der Waals surface area contributed by atoms with Crippen LogP contribution in [-0.4, -0.2) is 10.1 Å². The van der Waals surface area contributed by atoms with Gasteiger partial charge < -0.3 is 9.84 Å². The molecule has 2 rings (SSSR count). The molecular weight excluding hydrogens is 223 g/mol. The first-order valence-corrected chi connectivity index (χ1v) is 4.32. The van der Waals surface area contributed by atoms with Crippen LogP contribution in [0.25, 0.3) is 0 Å². The molecule has 16 heavy (non-hydrogen) atoms. The Morgan fingerprint density at radius 3 is 2.75 bits per heavy atom. The minimum Gasteiger partial charge on any atom is -0.360 e. The van der Waals surface area contributed by atoms with Crippen LogP contribution >= 0.6 is 0 Å². The van der Waals surface area contributed by atoms with E-state index in [9.17, 15) is 13.2 Å². The third kappa shape index (κ3) is 2.13. The van der Waals surface area contributed by atoms with Crippen molar-refractivity contribution < 1.29 is 17.7 Å². The number of rotatable bonds is 3. The predicted octanol–water partition coefficient (Wildman–Crippen LogP) is 2.10. The Morgan fingerprint density at radius 2 is 2.06 bits per heavy atom. The van der Waals surface area contributed by atoms with Crippen molar-refractivity contribution >= 4 is 5.82 Å². The summed E-state index contributed by atoms with van der Waals surface area (Å²) >= 11 is 0. The molecule has 2 aromatic rings. The molecule has 2 heterocycles. The number of anilines is 1. The minimum atomic E-state index is -1.36. The molecule has 0 aliphatic heterocycles. The standard InChI is InChI=1S/C9H6F3N3O/c10-6-3-7(11)9(15-8(6)12)13-4-5-1-2-14-16-5/h1-3H,4H2,(H,13,15). The molecule has 0 radical (unpaired) electrons. The summed E-state index contributed by atoms with van der Waals surface area (Å²) in [6.07, 6.45) is 1.41. The molecule has 2 aromatic heterocycles. The number of pyridine rings is 1. The van der Waals surface area contributed by atoms with Gasteiger partial charge in [0.05, 0.1) is 12.7 Å². The average Bonchev–Trinajstić information content (AvgIpc) is 2.74. The zero-order valence-electron chi connectivity index (χ0n) is 7.88. The highest BCUT2D eigenvalue weighted by Gasteiger charge is 2.11. The fraction of sp³-hybridized carbons (Fsp3) is 0.111. The monoisotopic (exact) mass is 229 g/mol. The number of nitrogens with one attached hydrogen (secondary N) is 1. The fourth-order valence-corrected chi connectivity index (χ4v) is 1.07. The van der Waals surface area contributed by atoms with E-state index >= 15 is 0 Å².